The summed E-state index contributed by atoms with van der Waals surface area (Å²) in [5.41, 5.74) is -5.30. The molecule has 0 spiro atoms. The van der Waals surface area contributed by atoms with E-state index >= 15 is 0 Å². The summed E-state index contributed by atoms with van der Waals surface area (Å²) in [6.45, 7) is 0. The topological polar surface area (TPSA) is 43.4 Å². The van der Waals surface area contributed by atoms with Gasteiger partial charge in [-0.25, -0.2) is 0 Å². The Morgan fingerprint density at radius 2 is 1.53 bits per heavy atom. The molecule has 8 heteroatoms. The predicted octanol–water partition coefficient (Wildman–Crippen LogP) is 2.18. The van der Waals surface area contributed by atoms with Gasteiger partial charge in [-0.05, 0) is 12.8 Å². The molecule has 1 fully saturated rings. The summed E-state index contributed by atoms with van der Waals surface area (Å²) in [5.74, 6) is 0. The van der Waals surface area contributed by atoms with E-state index in [1.165, 1.54) is 0 Å². The number of halogens is 3. The van der Waals surface area contributed by atoms with E-state index in [0.29, 0.717) is 12.8 Å². The maximum absolute atomic E-state index is 11.9. The molecule has 1 aliphatic rings. The second-order valence-corrected chi connectivity index (χ2v) is 4.82. The van der Waals surface area contributed by atoms with E-state index in [9.17, 15) is 21.6 Å². The van der Waals surface area contributed by atoms with Gasteiger partial charge in [0.05, 0.1) is 6.10 Å². The minimum absolute atomic E-state index is 0. The average Bonchev–Trinajstić information content (AvgIpc) is 2.03. The second kappa shape index (κ2) is 5.59. The van der Waals surface area contributed by atoms with Crippen LogP contribution >= 0.6 is 0 Å². The molecule has 0 atom stereocenters. The van der Waals surface area contributed by atoms with Gasteiger partial charge in [0.25, 0.3) is 0 Å². The van der Waals surface area contributed by atoms with E-state index in [1.54, 1.807) is 0 Å². The van der Waals surface area contributed by atoms with Crippen molar-refractivity contribution in [2.45, 2.75) is 43.7 Å². The van der Waals surface area contributed by atoms with E-state index in [4.69, 9.17) is 0 Å². The molecule has 1 aliphatic carbocycles. The fourth-order valence-electron chi connectivity index (χ4n) is 1.40. The molecule has 0 saturated heterocycles. The van der Waals surface area contributed by atoms with Crippen LogP contribution in [0, 0.1) is 0 Å². The van der Waals surface area contributed by atoms with Gasteiger partial charge in [-0.2, -0.15) is 21.6 Å². The van der Waals surface area contributed by atoms with Crippen molar-refractivity contribution in [3.63, 3.8) is 0 Å². The molecule has 0 heterocycles. The van der Waals surface area contributed by atoms with Gasteiger partial charge in [0.1, 0.15) is 0 Å². The monoisotopic (exact) mass is 335 g/mol. The van der Waals surface area contributed by atoms with E-state index in [2.05, 4.69) is 4.18 Å². The molecule has 15 heavy (non-hydrogen) atoms. The summed E-state index contributed by atoms with van der Waals surface area (Å²) in [7, 11) is -5.40. The summed E-state index contributed by atoms with van der Waals surface area (Å²) < 4.78 is 60.9. The molecule has 1 saturated carbocycles. The van der Waals surface area contributed by atoms with Crippen LogP contribution in [0.1, 0.15) is 32.1 Å². The van der Waals surface area contributed by atoms with Crippen molar-refractivity contribution in [2.75, 3.05) is 0 Å². The minimum Gasteiger partial charge on any atom is -0.260 e. The Morgan fingerprint density at radius 3 is 1.93 bits per heavy atom. The van der Waals surface area contributed by atoms with Crippen LogP contribution < -0.4 is 0 Å². The molecule has 0 bridgehead atoms. The SMILES string of the molecule is O=S(=O)(OC1CCCCC1)C(F)(F)F.[Rh]. The van der Waals surface area contributed by atoms with Crippen molar-refractivity contribution in [1.29, 1.82) is 0 Å². The maximum atomic E-state index is 11.9. The third-order valence-corrected chi connectivity index (χ3v) is 3.19. The fraction of sp³-hybridized carbons (Fsp3) is 1.00. The Labute approximate surface area is 99.3 Å². The Bertz CT molecular complexity index is 282. The van der Waals surface area contributed by atoms with Crippen molar-refractivity contribution in [3.05, 3.63) is 0 Å². The molecule has 0 aromatic rings. The number of rotatable bonds is 2. The van der Waals surface area contributed by atoms with Gasteiger partial charge in [0.15, 0.2) is 0 Å². The predicted molar refractivity (Wildman–Crippen MR) is 42.9 cm³/mol. The van der Waals surface area contributed by atoms with Crippen molar-refractivity contribution in [1.82, 2.24) is 0 Å². The van der Waals surface area contributed by atoms with Gasteiger partial charge in [-0.3, -0.25) is 4.18 Å². The summed E-state index contributed by atoms with van der Waals surface area (Å²) >= 11 is 0. The first-order chi connectivity index (χ1) is 6.33. The van der Waals surface area contributed by atoms with Crippen LogP contribution in [-0.2, 0) is 33.8 Å². The quantitative estimate of drug-likeness (QED) is 0.441. The summed E-state index contributed by atoms with van der Waals surface area (Å²) in [6.07, 6.45) is 2.34. The van der Waals surface area contributed by atoms with Crippen LogP contribution in [0.4, 0.5) is 13.2 Å². The molecule has 93 valence electrons. The zero-order valence-electron chi connectivity index (χ0n) is 7.71. The van der Waals surface area contributed by atoms with Crippen LogP contribution in [-0.4, -0.2) is 20.0 Å². The second-order valence-electron chi connectivity index (χ2n) is 3.26. The van der Waals surface area contributed by atoms with Crippen LogP contribution in [0.3, 0.4) is 0 Å². The Morgan fingerprint density at radius 1 is 1.07 bits per heavy atom. The molecule has 0 N–H and O–H groups in total. The minimum atomic E-state index is -5.40. The van der Waals surface area contributed by atoms with E-state index < -0.39 is 21.7 Å². The molecule has 0 aromatic heterocycles. The number of hydrogen-bond acceptors (Lipinski definition) is 3. The standard InChI is InChI=1S/C7H11F3O3S.Rh/c8-7(9,10)14(11,12)13-6-4-2-1-3-5-6;/h6H,1-5H2;. The normalized spacial score (nSPS) is 19.7. The third-order valence-electron chi connectivity index (χ3n) is 2.10. The third kappa shape index (κ3) is 4.37. The summed E-state index contributed by atoms with van der Waals surface area (Å²) in [6, 6.07) is 0. The maximum Gasteiger partial charge on any atom is 0.523 e. The van der Waals surface area contributed by atoms with E-state index in [0.717, 1.165) is 19.3 Å². The van der Waals surface area contributed by atoms with Crippen molar-refractivity contribution < 1.29 is 45.3 Å². The van der Waals surface area contributed by atoms with Crippen molar-refractivity contribution in [3.8, 4) is 0 Å². The molecular weight excluding hydrogens is 324 g/mol. The number of hydrogen-bond donors (Lipinski definition) is 0. The van der Waals surface area contributed by atoms with Gasteiger partial charge in [-0.1, -0.05) is 19.3 Å². The van der Waals surface area contributed by atoms with Crippen LogP contribution in [0.5, 0.6) is 0 Å². The van der Waals surface area contributed by atoms with Gasteiger partial charge < -0.3 is 0 Å². The molecule has 0 unspecified atom stereocenters. The van der Waals surface area contributed by atoms with Crippen LogP contribution in [0.15, 0.2) is 0 Å². The van der Waals surface area contributed by atoms with Crippen LogP contribution in [0.25, 0.3) is 0 Å². The molecular formula is C7H11F3O3RhS. The first-order valence-electron chi connectivity index (χ1n) is 4.32. The smallest absolute Gasteiger partial charge is 0.260 e. The van der Waals surface area contributed by atoms with Crippen LogP contribution in [0.2, 0.25) is 0 Å². The largest absolute Gasteiger partial charge is 0.523 e. The van der Waals surface area contributed by atoms with E-state index in [-0.39, 0.29) is 19.5 Å². The zero-order valence-corrected chi connectivity index (χ0v) is 10.2. The molecule has 1 radical (unpaired) electrons. The fourth-order valence-corrected chi connectivity index (χ4v) is 2.05. The Kier molecular flexibility index (Phi) is 5.71. The first-order valence-corrected chi connectivity index (χ1v) is 5.73. The Balaban J connectivity index is 0.00000196. The summed E-state index contributed by atoms with van der Waals surface area (Å²) in [4.78, 5) is 0. The Hall–Kier alpha value is 0.323. The zero-order chi connectivity index (χ0) is 10.8. The van der Waals surface area contributed by atoms with Gasteiger partial charge >= 0.3 is 15.6 Å². The number of alkyl halides is 3. The average molecular weight is 335 g/mol. The molecule has 0 aromatic carbocycles. The molecule has 1 rings (SSSR count). The van der Waals surface area contributed by atoms with Crippen molar-refractivity contribution >= 4 is 10.1 Å². The van der Waals surface area contributed by atoms with E-state index in [1.807, 2.05) is 0 Å². The van der Waals surface area contributed by atoms with Gasteiger partial charge in [-0.15, -0.1) is 0 Å². The van der Waals surface area contributed by atoms with Gasteiger partial charge in [0, 0.05) is 19.5 Å². The molecule has 0 aliphatic heterocycles. The molecule has 0 amide bonds. The first kappa shape index (κ1) is 15.3. The van der Waals surface area contributed by atoms with Crippen molar-refractivity contribution in [2.24, 2.45) is 0 Å². The molecule has 3 nitrogen and oxygen atoms in total. The van der Waals surface area contributed by atoms with Gasteiger partial charge in [0.2, 0.25) is 0 Å². The summed E-state index contributed by atoms with van der Waals surface area (Å²) in [5, 5.41) is 0.